The van der Waals surface area contributed by atoms with E-state index in [2.05, 4.69) is 26.3 Å². The predicted octanol–water partition coefficient (Wildman–Crippen LogP) is 5.57. The van der Waals surface area contributed by atoms with Gasteiger partial charge in [0.25, 0.3) is 5.91 Å². The van der Waals surface area contributed by atoms with Crippen molar-refractivity contribution in [2.45, 2.75) is 20.1 Å². The Balaban J connectivity index is 1.39. The van der Waals surface area contributed by atoms with Gasteiger partial charge in [0.2, 0.25) is 0 Å². The van der Waals surface area contributed by atoms with Gasteiger partial charge in [-0.25, -0.2) is 4.39 Å². The number of hydrogen-bond acceptors (Lipinski definition) is 4. The smallest absolute Gasteiger partial charge is 0.292 e. The number of nitrogens with zero attached hydrogens (tertiary/aromatic N) is 2. The van der Waals surface area contributed by atoms with Crippen LogP contribution in [0.2, 0.25) is 0 Å². The summed E-state index contributed by atoms with van der Waals surface area (Å²) in [5.41, 5.74) is 1.52. The van der Waals surface area contributed by atoms with E-state index in [9.17, 15) is 9.18 Å². The minimum Gasteiger partial charge on any atom is -0.485 e. The first kappa shape index (κ1) is 20.9. The Morgan fingerprint density at radius 3 is 2.74 bits per heavy atom. The van der Waals surface area contributed by atoms with Crippen LogP contribution >= 0.6 is 15.9 Å². The Hall–Kier alpha value is -3.39. The van der Waals surface area contributed by atoms with Gasteiger partial charge in [-0.2, -0.15) is 5.10 Å². The third-order valence-electron chi connectivity index (χ3n) is 4.59. The maximum Gasteiger partial charge on any atom is 0.292 e. The van der Waals surface area contributed by atoms with Crippen LogP contribution in [0.3, 0.4) is 0 Å². The maximum absolute atomic E-state index is 13.9. The number of furan rings is 1. The molecule has 1 amide bonds. The quantitative estimate of drug-likeness (QED) is 0.373. The molecule has 0 aliphatic rings. The molecule has 0 aliphatic heterocycles. The van der Waals surface area contributed by atoms with Gasteiger partial charge in [0.1, 0.15) is 23.9 Å². The average Bonchev–Trinajstić information content (AvgIpc) is 3.36. The van der Waals surface area contributed by atoms with Crippen LogP contribution in [0, 0.1) is 12.7 Å². The molecule has 0 unspecified atom stereocenters. The van der Waals surface area contributed by atoms with Gasteiger partial charge in [-0.15, -0.1) is 0 Å². The highest BCUT2D eigenvalue weighted by molar-refractivity contribution is 9.10. The molecule has 4 aromatic rings. The number of rotatable bonds is 7. The first-order valence-electron chi connectivity index (χ1n) is 9.54. The predicted molar refractivity (Wildman–Crippen MR) is 118 cm³/mol. The fourth-order valence-corrected chi connectivity index (χ4v) is 3.39. The molecule has 0 fully saturated rings. The molecular weight excluding hydrogens is 465 g/mol. The van der Waals surface area contributed by atoms with Gasteiger partial charge < -0.3 is 14.5 Å². The zero-order valence-corrected chi connectivity index (χ0v) is 18.2. The van der Waals surface area contributed by atoms with E-state index in [-0.39, 0.29) is 24.7 Å². The van der Waals surface area contributed by atoms with Gasteiger partial charge >= 0.3 is 0 Å². The van der Waals surface area contributed by atoms with Gasteiger partial charge in [0.05, 0.1) is 11.0 Å². The largest absolute Gasteiger partial charge is 0.485 e. The van der Waals surface area contributed by atoms with Gasteiger partial charge in [-0.3, -0.25) is 9.48 Å². The van der Waals surface area contributed by atoms with Crippen LogP contribution in [0.5, 0.6) is 5.75 Å². The zero-order valence-electron chi connectivity index (χ0n) is 16.6. The normalized spacial score (nSPS) is 10.8. The van der Waals surface area contributed by atoms with E-state index in [0.717, 1.165) is 11.3 Å². The number of aromatic nitrogens is 2. The summed E-state index contributed by atoms with van der Waals surface area (Å²) in [5.74, 6) is 0.982. The van der Waals surface area contributed by atoms with Crippen LogP contribution in [0.15, 0.2) is 75.8 Å². The van der Waals surface area contributed by atoms with Crippen molar-refractivity contribution in [2.75, 3.05) is 5.32 Å². The monoisotopic (exact) mass is 483 g/mol. The van der Waals surface area contributed by atoms with E-state index in [1.165, 1.54) is 6.07 Å². The summed E-state index contributed by atoms with van der Waals surface area (Å²) in [4.78, 5) is 12.6. The summed E-state index contributed by atoms with van der Waals surface area (Å²) in [6.07, 6.45) is 1.67. The maximum atomic E-state index is 13.9. The molecular formula is C23H19BrFN3O3. The molecule has 0 atom stereocenters. The minimum absolute atomic E-state index is 0.138. The SMILES string of the molecule is Cc1ccccc1OCc1ccc(C(=O)Nc2nn(Cc3ccccc3F)cc2Br)o1. The van der Waals surface area contributed by atoms with Crippen LogP contribution in [0.25, 0.3) is 0 Å². The van der Waals surface area contributed by atoms with E-state index in [1.807, 2.05) is 31.2 Å². The highest BCUT2D eigenvalue weighted by Crippen LogP contribution is 2.23. The molecule has 4 rings (SSSR count). The number of anilines is 1. The van der Waals surface area contributed by atoms with Gasteiger partial charge in [-0.05, 0) is 52.7 Å². The van der Waals surface area contributed by atoms with E-state index < -0.39 is 5.91 Å². The van der Waals surface area contributed by atoms with E-state index >= 15 is 0 Å². The first-order chi connectivity index (χ1) is 15.0. The first-order valence-corrected chi connectivity index (χ1v) is 10.3. The van der Waals surface area contributed by atoms with Crippen LogP contribution in [-0.2, 0) is 13.2 Å². The Labute approximate surface area is 186 Å². The van der Waals surface area contributed by atoms with Gasteiger partial charge in [0, 0.05) is 11.8 Å². The second kappa shape index (κ2) is 9.18. The summed E-state index contributed by atoms with van der Waals surface area (Å²) >= 11 is 3.37. The van der Waals surface area contributed by atoms with Crippen molar-refractivity contribution in [3.8, 4) is 5.75 Å². The van der Waals surface area contributed by atoms with E-state index in [4.69, 9.17) is 9.15 Å². The molecule has 0 radical (unpaired) electrons. The van der Waals surface area contributed by atoms with Crippen molar-refractivity contribution in [3.05, 3.63) is 99.8 Å². The van der Waals surface area contributed by atoms with Crippen LogP contribution in [0.1, 0.15) is 27.4 Å². The highest BCUT2D eigenvalue weighted by Gasteiger charge is 2.16. The molecule has 0 spiro atoms. The molecule has 2 aromatic heterocycles. The molecule has 2 aromatic carbocycles. The van der Waals surface area contributed by atoms with Gasteiger partial charge in [-0.1, -0.05) is 36.4 Å². The Morgan fingerprint density at radius 2 is 1.94 bits per heavy atom. The number of carbonyl (C=O) groups is 1. The minimum atomic E-state index is -0.445. The summed E-state index contributed by atoms with van der Waals surface area (Å²) in [6, 6.07) is 17.4. The van der Waals surface area contributed by atoms with Crippen molar-refractivity contribution >= 4 is 27.7 Å². The van der Waals surface area contributed by atoms with E-state index in [1.54, 1.807) is 41.2 Å². The van der Waals surface area contributed by atoms with Crippen molar-refractivity contribution < 1.29 is 18.3 Å². The van der Waals surface area contributed by atoms with E-state index in [0.29, 0.717) is 21.6 Å². The summed E-state index contributed by atoms with van der Waals surface area (Å²) in [6.45, 7) is 2.40. The highest BCUT2D eigenvalue weighted by atomic mass is 79.9. The lowest BCUT2D eigenvalue weighted by molar-refractivity contribution is 0.0992. The fourth-order valence-electron chi connectivity index (χ4n) is 2.98. The lowest BCUT2D eigenvalue weighted by atomic mass is 10.2. The third-order valence-corrected chi connectivity index (χ3v) is 5.17. The molecule has 0 saturated carbocycles. The standard InChI is InChI=1S/C23H19BrFN3O3/c1-15-6-2-5-9-20(15)30-14-17-10-11-21(31-17)23(29)26-22-18(24)13-28(27-22)12-16-7-3-4-8-19(16)25/h2-11,13H,12,14H2,1H3,(H,26,27,29). The lowest BCUT2D eigenvalue weighted by Crippen LogP contribution is -2.12. The molecule has 8 heteroatoms. The molecule has 0 bridgehead atoms. The number of ether oxygens (including phenoxy) is 1. The zero-order chi connectivity index (χ0) is 21.8. The van der Waals surface area contributed by atoms with Crippen molar-refractivity contribution in [1.82, 2.24) is 9.78 Å². The number of para-hydroxylation sites is 1. The molecule has 2 heterocycles. The van der Waals surface area contributed by atoms with Crippen molar-refractivity contribution in [3.63, 3.8) is 0 Å². The molecule has 0 saturated heterocycles. The number of halogens is 2. The lowest BCUT2D eigenvalue weighted by Gasteiger charge is -2.06. The molecule has 6 nitrogen and oxygen atoms in total. The Bertz CT molecular complexity index is 1220. The number of benzene rings is 2. The number of nitrogens with one attached hydrogen (secondary N) is 1. The number of amides is 1. The average molecular weight is 484 g/mol. The molecule has 1 N–H and O–H groups in total. The number of hydrogen-bond donors (Lipinski definition) is 1. The van der Waals surface area contributed by atoms with Crippen molar-refractivity contribution in [1.29, 1.82) is 0 Å². The molecule has 158 valence electrons. The summed E-state index contributed by atoms with van der Waals surface area (Å²) in [7, 11) is 0. The summed E-state index contributed by atoms with van der Waals surface area (Å²) < 4.78 is 27.3. The Kier molecular flexibility index (Phi) is 6.18. The summed E-state index contributed by atoms with van der Waals surface area (Å²) in [5, 5.41) is 7.01. The van der Waals surface area contributed by atoms with Crippen LogP contribution in [-0.4, -0.2) is 15.7 Å². The second-order valence-corrected chi connectivity index (χ2v) is 7.74. The fraction of sp³-hybridized carbons (Fsp3) is 0.130. The van der Waals surface area contributed by atoms with Crippen LogP contribution < -0.4 is 10.1 Å². The van der Waals surface area contributed by atoms with Crippen molar-refractivity contribution in [2.24, 2.45) is 0 Å². The molecule has 0 aliphatic carbocycles. The molecule has 31 heavy (non-hydrogen) atoms. The number of aryl methyl sites for hydroxylation is 1. The number of carbonyl (C=O) groups excluding carboxylic acids is 1. The second-order valence-electron chi connectivity index (χ2n) is 6.89. The van der Waals surface area contributed by atoms with Crippen LogP contribution in [0.4, 0.5) is 10.2 Å². The third kappa shape index (κ3) is 5.03. The Morgan fingerprint density at radius 1 is 1.16 bits per heavy atom. The topological polar surface area (TPSA) is 69.3 Å². The van der Waals surface area contributed by atoms with Gasteiger partial charge in [0.15, 0.2) is 11.6 Å².